The van der Waals surface area contributed by atoms with Gasteiger partial charge in [-0.15, -0.1) is 11.6 Å². The summed E-state index contributed by atoms with van der Waals surface area (Å²) in [6, 6.07) is 6.80. The monoisotopic (exact) mass is 471 g/mol. The zero-order valence-corrected chi connectivity index (χ0v) is 18.0. The van der Waals surface area contributed by atoms with Crippen molar-refractivity contribution in [3.05, 3.63) is 46.2 Å². The molecule has 32 heavy (non-hydrogen) atoms. The van der Waals surface area contributed by atoms with Crippen LogP contribution in [0.5, 0.6) is 6.01 Å². The first kappa shape index (κ1) is 23.1. The molecule has 1 aliphatic heterocycles. The van der Waals surface area contributed by atoms with Gasteiger partial charge in [-0.2, -0.15) is 18.2 Å². The van der Waals surface area contributed by atoms with E-state index < -0.39 is 30.3 Å². The van der Waals surface area contributed by atoms with Gasteiger partial charge in [-0.05, 0) is 49.3 Å². The SMILES string of the molecule is OC(O)C1CCC(Oc2nc3c([nH]2)=CC(Cl)C(c2ccc(CCC(F)(F)F)cc2)N=3)CC1. The van der Waals surface area contributed by atoms with Gasteiger partial charge in [0, 0.05) is 12.3 Å². The van der Waals surface area contributed by atoms with E-state index in [1.807, 2.05) is 6.08 Å². The molecule has 0 amide bonds. The van der Waals surface area contributed by atoms with Gasteiger partial charge in [0.25, 0.3) is 6.01 Å². The fourth-order valence-electron chi connectivity index (χ4n) is 4.17. The predicted octanol–water partition coefficient (Wildman–Crippen LogP) is 2.92. The number of aryl methyl sites for hydroxylation is 1. The normalized spacial score (nSPS) is 25.7. The van der Waals surface area contributed by atoms with Gasteiger partial charge in [-0.25, -0.2) is 0 Å². The van der Waals surface area contributed by atoms with Crippen molar-refractivity contribution in [2.24, 2.45) is 10.9 Å². The molecule has 0 saturated heterocycles. The molecule has 0 radical (unpaired) electrons. The van der Waals surface area contributed by atoms with Crippen molar-refractivity contribution in [2.75, 3.05) is 0 Å². The maximum Gasteiger partial charge on any atom is 0.389 e. The van der Waals surface area contributed by atoms with E-state index in [9.17, 15) is 23.4 Å². The van der Waals surface area contributed by atoms with Crippen molar-refractivity contribution in [1.29, 1.82) is 0 Å². The minimum absolute atomic E-state index is 0.0641. The van der Waals surface area contributed by atoms with Crippen molar-refractivity contribution in [1.82, 2.24) is 9.97 Å². The summed E-state index contributed by atoms with van der Waals surface area (Å²) in [5.41, 5.74) is 1.88. The Morgan fingerprint density at radius 1 is 1.12 bits per heavy atom. The first-order chi connectivity index (χ1) is 15.2. The lowest BCUT2D eigenvalue weighted by atomic mass is 9.87. The number of aromatic nitrogens is 2. The van der Waals surface area contributed by atoms with E-state index in [-0.39, 0.29) is 18.4 Å². The molecule has 0 bridgehead atoms. The lowest BCUT2D eigenvalue weighted by Crippen LogP contribution is -2.33. The van der Waals surface area contributed by atoms with Gasteiger partial charge >= 0.3 is 6.18 Å². The zero-order valence-electron chi connectivity index (χ0n) is 17.2. The van der Waals surface area contributed by atoms with E-state index >= 15 is 0 Å². The number of aliphatic hydroxyl groups is 2. The van der Waals surface area contributed by atoms with Gasteiger partial charge in [0.05, 0.1) is 16.8 Å². The molecule has 1 fully saturated rings. The van der Waals surface area contributed by atoms with Crippen LogP contribution in [0.15, 0.2) is 29.3 Å². The van der Waals surface area contributed by atoms with Gasteiger partial charge < -0.3 is 19.9 Å². The second-order valence-electron chi connectivity index (χ2n) is 8.39. The fourth-order valence-corrected chi connectivity index (χ4v) is 4.50. The molecule has 1 aromatic carbocycles. The van der Waals surface area contributed by atoms with Gasteiger partial charge in [0.1, 0.15) is 6.10 Å². The number of nitrogens with one attached hydrogen (secondary N) is 1. The number of aliphatic hydroxyl groups excluding tert-OH is 1. The third kappa shape index (κ3) is 5.63. The summed E-state index contributed by atoms with van der Waals surface area (Å²) in [5.74, 6) is -0.124. The topological polar surface area (TPSA) is 90.7 Å². The molecule has 174 valence electrons. The van der Waals surface area contributed by atoms with Gasteiger partial charge in [0.15, 0.2) is 11.8 Å². The Kier molecular flexibility index (Phi) is 6.78. The Balaban J connectivity index is 1.44. The maximum absolute atomic E-state index is 12.4. The van der Waals surface area contributed by atoms with Crippen molar-refractivity contribution in [2.45, 2.75) is 68.5 Å². The average Bonchev–Trinajstić information content (AvgIpc) is 3.13. The molecule has 3 N–H and O–H groups in total. The van der Waals surface area contributed by atoms with E-state index in [0.29, 0.717) is 48.1 Å². The molecule has 2 unspecified atom stereocenters. The fraction of sp³-hybridized carbons (Fsp3) is 0.545. The van der Waals surface area contributed by atoms with E-state index in [2.05, 4.69) is 15.0 Å². The number of hydrogen-bond donors (Lipinski definition) is 3. The Hall–Kier alpha value is -2.10. The van der Waals surface area contributed by atoms with Crippen molar-refractivity contribution < 1.29 is 28.1 Å². The molecular weight excluding hydrogens is 447 g/mol. The minimum Gasteiger partial charge on any atom is -0.461 e. The number of halogens is 4. The number of rotatable bonds is 6. The maximum atomic E-state index is 12.4. The number of benzene rings is 1. The molecule has 4 rings (SSSR count). The van der Waals surface area contributed by atoms with Crippen LogP contribution in [0.4, 0.5) is 13.2 Å². The number of alkyl halides is 4. The van der Waals surface area contributed by atoms with Crippen LogP contribution < -0.4 is 15.6 Å². The average molecular weight is 472 g/mol. The van der Waals surface area contributed by atoms with E-state index in [1.165, 1.54) is 0 Å². The van der Waals surface area contributed by atoms with Crippen LogP contribution in [0, 0.1) is 5.92 Å². The summed E-state index contributed by atoms with van der Waals surface area (Å²) >= 11 is 6.52. The molecule has 2 aromatic rings. The molecule has 1 aliphatic carbocycles. The summed E-state index contributed by atoms with van der Waals surface area (Å²) in [6.45, 7) is 0. The second-order valence-corrected chi connectivity index (χ2v) is 8.89. The van der Waals surface area contributed by atoms with Crippen LogP contribution in [-0.2, 0) is 6.42 Å². The zero-order chi connectivity index (χ0) is 22.9. The third-order valence-electron chi connectivity index (χ3n) is 6.02. The lowest BCUT2D eigenvalue weighted by Gasteiger charge is -2.28. The molecule has 10 heteroatoms. The number of H-pyrrole nitrogens is 1. The molecule has 2 aliphatic rings. The molecule has 1 aromatic heterocycles. The van der Waals surface area contributed by atoms with Gasteiger partial charge in [-0.3, -0.25) is 4.99 Å². The van der Waals surface area contributed by atoms with Crippen molar-refractivity contribution in [3.63, 3.8) is 0 Å². The number of hydrogen-bond acceptors (Lipinski definition) is 5. The van der Waals surface area contributed by atoms with Crippen LogP contribution in [0.1, 0.15) is 49.3 Å². The summed E-state index contributed by atoms with van der Waals surface area (Å²) in [7, 11) is 0. The second kappa shape index (κ2) is 9.41. The molecule has 2 atom stereocenters. The third-order valence-corrected chi connectivity index (χ3v) is 6.38. The van der Waals surface area contributed by atoms with E-state index in [0.717, 1.165) is 5.56 Å². The van der Waals surface area contributed by atoms with Crippen LogP contribution >= 0.6 is 11.6 Å². The highest BCUT2D eigenvalue weighted by molar-refractivity contribution is 6.24. The smallest absolute Gasteiger partial charge is 0.389 e. The summed E-state index contributed by atoms with van der Waals surface area (Å²) < 4.78 is 43.2. The van der Waals surface area contributed by atoms with Crippen molar-refractivity contribution >= 4 is 17.7 Å². The Labute approximate surface area is 187 Å². The molecular formula is C22H25ClF3N3O3. The van der Waals surface area contributed by atoms with Gasteiger partial charge in [-0.1, -0.05) is 24.3 Å². The highest BCUT2D eigenvalue weighted by atomic mass is 35.5. The van der Waals surface area contributed by atoms with Gasteiger partial charge in [0.2, 0.25) is 0 Å². The standard InChI is InChI=1S/C22H25ClF3N3O3/c23-16-11-17-19(29-21(27-17)32-15-7-5-14(6-8-15)20(30)31)28-18(16)13-3-1-12(2-4-13)9-10-22(24,25)26/h1-4,11,14-16,18,20,30-31H,5-10H2,(H,27,28,29). The molecule has 2 heterocycles. The Morgan fingerprint density at radius 2 is 1.81 bits per heavy atom. The summed E-state index contributed by atoms with van der Waals surface area (Å²) in [6.07, 6.45) is -1.89. The summed E-state index contributed by atoms with van der Waals surface area (Å²) in [4.78, 5) is 12.1. The Morgan fingerprint density at radius 3 is 2.44 bits per heavy atom. The van der Waals surface area contributed by atoms with E-state index in [4.69, 9.17) is 16.3 Å². The van der Waals surface area contributed by atoms with Crippen molar-refractivity contribution in [3.8, 4) is 6.01 Å². The largest absolute Gasteiger partial charge is 0.461 e. The minimum atomic E-state index is -4.18. The van der Waals surface area contributed by atoms with Crippen LogP contribution in [0.2, 0.25) is 0 Å². The first-order valence-electron chi connectivity index (χ1n) is 10.7. The van der Waals surface area contributed by atoms with Crippen LogP contribution in [-0.4, -0.2) is 44.1 Å². The highest BCUT2D eigenvalue weighted by Crippen LogP contribution is 2.30. The Bertz CT molecular complexity index is 1030. The molecule has 0 spiro atoms. The highest BCUT2D eigenvalue weighted by Gasteiger charge is 2.28. The summed E-state index contributed by atoms with van der Waals surface area (Å²) in [5, 5.41) is 18.8. The molecule has 6 nitrogen and oxygen atoms in total. The quantitative estimate of drug-likeness (QED) is 0.446. The number of imidazole rings is 1. The number of nitrogens with zero attached hydrogens (tertiary/aromatic N) is 2. The number of aromatic amines is 1. The predicted molar refractivity (Wildman–Crippen MR) is 112 cm³/mol. The van der Waals surface area contributed by atoms with Crippen LogP contribution in [0.25, 0.3) is 6.08 Å². The van der Waals surface area contributed by atoms with Crippen LogP contribution in [0.3, 0.4) is 0 Å². The van der Waals surface area contributed by atoms with E-state index in [1.54, 1.807) is 24.3 Å². The first-order valence-corrected chi connectivity index (χ1v) is 11.1. The number of fused-ring (bicyclic) bond motifs is 1. The molecule has 1 saturated carbocycles. The number of ether oxygens (including phenoxy) is 1. The lowest BCUT2D eigenvalue weighted by molar-refractivity contribution is -0.134.